The Labute approximate surface area is 164 Å². The van der Waals surface area contributed by atoms with E-state index in [1.165, 1.54) is 0 Å². The minimum Gasteiger partial charge on any atom is -0.466 e. The van der Waals surface area contributed by atoms with E-state index in [1.807, 2.05) is 31.2 Å². The number of hydrogen-bond acceptors (Lipinski definition) is 6. The molecule has 0 spiro atoms. The summed E-state index contributed by atoms with van der Waals surface area (Å²) in [4.78, 5) is 18.5. The van der Waals surface area contributed by atoms with Crippen LogP contribution in [0, 0.1) is 5.92 Å². The molecule has 1 aliphatic rings. The fourth-order valence-electron chi connectivity index (χ4n) is 3.83. The van der Waals surface area contributed by atoms with Gasteiger partial charge in [-0.25, -0.2) is 0 Å². The van der Waals surface area contributed by atoms with E-state index in [-0.39, 0.29) is 11.9 Å². The topological polar surface area (TPSA) is 68.2 Å². The molecule has 1 unspecified atom stereocenters. The summed E-state index contributed by atoms with van der Waals surface area (Å²) in [6.07, 6.45) is 6.10. The summed E-state index contributed by atoms with van der Waals surface area (Å²) in [6.45, 7) is 3.76. The molecule has 1 aliphatic heterocycles. The van der Waals surface area contributed by atoms with Crippen molar-refractivity contribution in [2.75, 3.05) is 24.6 Å². The number of carbonyl (C=O) groups excluding carboxylic acids is 1. The highest BCUT2D eigenvalue weighted by molar-refractivity contribution is 5.93. The number of esters is 1. The Bertz CT molecular complexity index is 961. The zero-order valence-corrected chi connectivity index (χ0v) is 16.0. The van der Waals surface area contributed by atoms with Crippen molar-refractivity contribution in [2.45, 2.75) is 26.2 Å². The molecule has 1 saturated heterocycles. The molecule has 0 aliphatic carbocycles. The van der Waals surface area contributed by atoms with Crippen LogP contribution in [0.25, 0.3) is 10.8 Å². The lowest BCUT2D eigenvalue weighted by atomic mass is 9.97. The summed E-state index contributed by atoms with van der Waals surface area (Å²) >= 11 is 0. The molecule has 3 heterocycles. The lowest BCUT2D eigenvalue weighted by molar-refractivity contribution is -0.148. The summed E-state index contributed by atoms with van der Waals surface area (Å²) in [6, 6.07) is 12.2. The molecule has 4 rings (SSSR count). The number of aromatic nitrogens is 3. The second-order valence-corrected chi connectivity index (χ2v) is 7.09. The predicted octanol–water partition coefficient (Wildman–Crippen LogP) is 3.40. The molecule has 0 bridgehead atoms. The SMILES string of the molecule is CCOC(=O)C1CCCN(c2nnc(Cc3ccncc3)c3ccccc23)C1. The largest absolute Gasteiger partial charge is 0.466 e. The molecule has 0 radical (unpaired) electrons. The van der Waals surface area contributed by atoms with Gasteiger partial charge in [0, 0.05) is 42.7 Å². The molecule has 2 aromatic heterocycles. The van der Waals surface area contributed by atoms with Gasteiger partial charge in [0.25, 0.3) is 0 Å². The number of hydrogen-bond donors (Lipinski definition) is 0. The van der Waals surface area contributed by atoms with E-state index in [2.05, 4.69) is 32.2 Å². The average molecular weight is 376 g/mol. The highest BCUT2D eigenvalue weighted by Gasteiger charge is 2.28. The molecule has 1 fully saturated rings. The predicted molar refractivity (Wildman–Crippen MR) is 108 cm³/mol. The highest BCUT2D eigenvalue weighted by atomic mass is 16.5. The molecular formula is C22H24N4O2. The first-order valence-corrected chi connectivity index (χ1v) is 9.81. The summed E-state index contributed by atoms with van der Waals surface area (Å²) < 4.78 is 5.23. The van der Waals surface area contributed by atoms with Crippen molar-refractivity contribution >= 4 is 22.6 Å². The van der Waals surface area contributed by atoms with Gasteiger partial charge in [0.2, 0.25) is 0 Å². The van der Waals surface area contributed by atoms with E-state index in [0.29, 0.717) is 19.6 Å². The number of benzene rings is 1. The molecule has 144 valence electrons. The van der Waals surface area contributed by atoms with Gasteiger partial charge in [0.15, 0.2) is 5.82 Å². The maximum Gasteiger partial charge on any atom is 0.310 e. The first-order valence-electron chi connectivity index (χ1n) is 9.81. The monoisotopic (exact) mass is 376 g/mol. The van der Waals surface area contributed by atoms with E-state index in [4.69, 9.17) is 4.74 Å². The van der Waals surface area contributed by atoms with Crippen LogP contribution in [0.5, 0.6) is 0 Å². The van der Waals surface area contributed by atoms with Crippen LogP contribution >= 0.6 is 0 Å². The third-order valence-electron chi connectivity index (χ3n) is 5.21. The van der Waals surface area contributed by atoms with Crippen molar-refractivity contribution in [1.82, 2.24) is 15.2 Å². The third kappa shape index (κ3) is 3.81. The van der Waals surface area contributed by atoms with Crippen molar-refractivity contribution in [3.8, 4) is 0 Å². The fourth-order valence-corrected chi connectivity index (χ4v) is 3.83. The normalized spacial score (nSPS) is 16.9. The second kappa shape index (κ2) is 8.33. The Hall–Kier alpha value is -3.02. The summed E-state index contributed by atoms with van der Waals surface area (Å²) in [5, 5.41) is 11.3. The second-order valence-electron chi connectivity index (χ2n) is 7.09. The first-order chi connectivity index (χ1) is 13.8. The Balaban J connectivity index is 1.65. The molecule has 0 amide bonds. The maximum absolute atomic E-state index is 12.2. The standard InChI is InChI=1S/C22H24N4O2/c1-2-28-22(27)17-6-5-13-26(15-17)21-19-8-4-3-7-18(19)20(24-25-21)14-16-9-11-23-12-10-16/h3-4,7-12,17H,2,5-6,13-15H2,1H3. The Morgan fingerprint density at radius 2 is 1.93 bits per heavy atom. The minimum absolute atomic E-state index is 0.106. The van der Waals surface area contributed by atoms with Crippen LogP contribution in [0.2, 0.25) is 0 Å². The van der Waals surface area contributed by atoms with Gasteiger partial charge >= 0.3 is 5.97 Å². The quantitative estimate of drug-likeness (QED) is 0.636. The minimum atomic E-state index is -0.112. The number of piperidine rings is 1. The van der Waals surface area contributed by atoms with E-state index >= 15 is 0 Å². The van der Waals surface area contributed by atoms with E-state index in [0.717, 1.165) is 47.2 Å². The van der Waals surface area contributed by atoms with Gasteiger partial charge in [0.1, 0.15) is 0 Å². The van der Waals surface area contributed by atoms with Crippen LogP contribution in [-0.4, -0.2) is 40.8 Å². The van der Waals surface area contributed by atoms with Crippen molar-refractivity contribution in [3.05, 3.63) is 60.0 Å². The molecule has 6 heteroatoms. The van der Waals surface area contributed by atoms with Crippen LogP contribution in [0.4, 0.5) is 5.82 Å². The molecule has 0 saturated carbocycles. The smallest absolute Gasteiger partial charge is 0.310 e. The zero-order chi connectivity index (χ0) is 19.3. The summed E-state index contributed by atoms with van der Waals surface area (Å²) in [7, 11) is 0. The van der Waals surface area contributed by atoms with Gasteiger partial charge in [-0.05, 0) is 37.5 Å². The van der Waals surface area contributed by atoms with Gasteiger partial charge < -0.3 is 9.64 Å². The molecule has 1 atom stereocenters. The Morgan fingerprint density at radius 1 is 1.14 bits per heavy atom. The molecule has 3 aromatic rings. The Morgan fingerprint density at radius 3 is 2.71 bits per heavy atom. The van der Waals surface area contributed by atoms with Crippen molar-refractivity contribution in [1.29, 1.82) is 0 Å². The lowest BCUT2D eigenvalue weighted by Crippen LogP contribution is -2.40. The van der Waals surface area contributed by atoms with Crippen molar-refractivity contribution in [2.24, 2.45) is 5.92 Å². The van der Waals surface area contributed by atoms with Gasteiger partial charge in [0.05, 0.1) is 18.2 Å². The Kier molecular flexibility index (Phi) is 5.46. The molecule has 28 heavy (non-hydrogen) atoms. The molecule has 6 nitrogen and oxygen atoms in total. The highest BCUT2D eigenvalue weighted by Crippen LogP contribution is 2.30. The lowest BCUT2D eigenvalue weighted by Gasteiger charge is -2.32. The summed E-state index contributed by atoms with van der Waals surface area (Å²) in [5.41, 5.74) is 2.10. The number of rotatable bonds is 5. The van der Waals surface area contributed by atoms with Gasteiger partial charge in [-0.15, -0.1) is 5.10 Å². The van der Waals surface area contributed by atoms with Crippen LogP contribution in [0.15, 0.2) is 48.8 Å². The van der Waals surface area contributed by atoms with E-state index in [9.17, 15) is 4.79 Å². The number of nitrogens with zero attached hydrogens (tertiary/aromatic N) is 4. The van der Waals surface area contributed by atoms with Gasteiger partial charge in [-0.1, -0.05) is 24.3 Å². The number of ether oxygens (including phenoxy) is 1. The van der Waals surface area contributed by atoms with Gasteiger partial charge in [-0.3, -0.25) is 9.78 Å². The maximum atomic E-state index is 12.2. The molecular weight excluding hydrogens is 352 g/mol. The van der Waals surface area contributed by atoms with Crippen molar-refractivity contribution < 1.29 is 9.53 Å². The fraction of sp³-hybridized carbons (Fsp3) is 0.364. The van der Waals surface area contributed by atoms with Crippen LogP contribution in [-0.2, 0) is 16.0 Å². The first kappa shape index (κ1) is 18.3. The molecule has 0 N–H and O–H groups in total. The third-order valence-corrected chi connectivity index (χ3v) is 5.21. The number of anilines is 1. The molecule has 1 aromatic carbocycles. The zero-order valence-electron chi connectivity index (χ0n) is 16.0. The summed E-state index contributed by atoms with van der Waals surface area (Å²) in [5.74, 6) is 0.632. The van der Waals surface area contributed by atoms with Crippen LogP contribution in [0.3, 0.4) is 0 Å². The average Bonchev–Trinajstić information content (AvgIpc) is 2.75. The van der Waals surface area contributed by atoms with Crippen LogP contribution in [0.1, 0.15) is 31.0 Å². The van der Waals surface area contributed by atoms with Crippen LogP contribution < -0.4 is 4.90 Å². The van der Waals surface area contributed by atoms with Crippen molar-refractivity contribution in [3.63, 3.8) is 0 Å². The van der Waals surface area contributed by atoms with E-state index in [1.54, 1.807) is 12.4 Å². The number of carbonyl (C=O) groups is 1. The van der Waals surface area contributed by atoms with Gasteiger partial charge in [-0.2, -0.15) is 5.10 Å². The van der Waals surface area contributed by atoms with E-state index < -0.39 is 0 Å². The number of pyridine rings is 1. The number of fused-ring (bicyclic) bond motifs is 1.